The molecule has 3 rings (SSSR count). The summed E-state index contributed by atoms with van der Waals surface area (Å²) in [6, 6.07) is 15.7. The first-order chi connectivity index (χ1) is 12.5. The zero-order valence-electron chi connectivity index (χ0n) is 15.1. The van der Waals surface area contributed by atoms with Crippen LogP contribution in [-0.4, -0.2) is 29.4 Å². The van der Waals surface area contributed by atoms with Crippen LogP contribution in [0.1, 0.15) is 36.5 Å². The van der Waals surface area contributed by atoms with Crippen molar-refractivity contribution in [3.05, 3.63) is 64.1 Å². The van der Waals surface area contributed by atoms with E-state index >= 15 is 0 Å². The van der Waals surface area contributed by atoms with Crippen molar-refractivity contribution >= 4 is 39.1 Å². The molecule has 0 aliphatic rings. The molecule has 2 atom stereocenters. The fraction of sp³-hybridized carbons (Fsp3) is 0.300. The molecule has 136 valence electrons. The van der Waals surface area contributed by atoms with Gasteiger partial charge in [-0.25, -0.2) is 4.98 Å². The highest BCUT2D eigenvalue weighted by molar-refractivity contribution is 7.18. The van der Waals surface area contributed by atoms with Crippen molar-refractivity contribution in [3.8, 4) is 0 Å². The van der Waals surface area contributed by atoms with E-state index in [-0.39, 0.29) is 24.5 Å². The van der Waals surface area contributed by atoms with Gasteiger partial charge in [-0.1, -0.05) is 35.9 Å². The molecular formula is C20H22ClN3OS. The predicted octanol–water partition coefficient (Wildman–Crippen LogP) is 4.82. The largest absolute Gasteiger partial charge is 0.335 e. The van der Waals surface area contributed by atoms with Crippen LogP contribution in [-0.2, 0) is 4.79 Å². The first kappa shape index (κ1) is 18.8. The molecule has 6 heteroatoms. The Kier molecular flexibility index (Phi) is 5.91. The van der Waals surface area contributed by atoms with Crippen molar-refractivity contribution in [2.24, 2.45) is 0 Å². The average molecular weight is 388 g/mol. The summed E-state index contributed by atoms with van der Waals surface area (Å²) in [6.45, 7) is 4.32. The Morgan fingerprint density at radius 3 is 2.58 bits per heavy atom. The Balaban J connectivity index is 1.60. The zero-order chi connectivity index (χ0) is 18.7. The third kappa shape index (κ3) is 4.23. The summed E-state index contributed by atoms with van der Waals surface area (Å²) in [7, 11) is 1.83. The van der Waals surface area contributed by atoms with Gasteiger partial charge in [-0.3, -0.25) is 4.79 Å². The second kappa shape index (κ2) is 8.16. The van der Waals surface area contributed by atoms with E-state index in [1.807, 2.05) is 63.4 Å². The highest BCUT2D eigenvalue weighted by atomic mass is 35.5. The third-order valence-corrected chi connectivity index (χ3v) is 6.03. The number of rotatable bonds is 6. The second-order valence-corrected chi connectivity index (χ2v) is 7.85. The molecule has 4 nitrogen and oxygen atoms in total. The van der Waals surface area contributed by atoms with Crippen LogP contribution in [0.15, 0.2) is 48.5 Å². The molecule has 3 aromatic rings. The summed E-state index contributed by atoms with van der Waals surface area (Å²) >= 11 is 7.56. The molecule has 0 spiro atoms. The monoisotopic (exact) mass is 387 g/mol. The lowest BCUT2D eigenvalue weighted by molar-refractivity contribution is -0.131. The molecule has 0 aliphatic carbocycles. The molecule has 1 amide bonds. The Morgan fingerprint density at radius 2 is 1.88 bits per heavy atom. The van der Waals surface area contributed by atoms with Gasteiger partial charge in [-0.05, 0) is 43.7 Å². The minimum atomic E-state index is -0.0625. The molecule has 2 aromatic carbocycles. The van der Waals surface area contributed by atoms with E-state index < -0.39 is 0 Å². The number of hydrogen-bond acceptors (Lipinski definition) is 4. The number of fused-ring (bicyclic) bond motifs is 1. The standard InChI is InChI=1S/C20H22ClN3OS/c1-13(15-8-10-16(21)11-9-15)22-12-19(25)24(3)14(2)20-23-17-6-4-5-7-18(17)26-20/h4-11,13-14,22H,12H2,1-3H3/t13-,14-/m0/s1. The van der Waals surface area contributed by atoms with Gasteiger partial charge in [-0.15, -0.1) is 11.3 Å². The van der Waals surface area contributed by atoms with Crippen LogP contribution in [0.5, 0.6) is 0 Å². The Morgan fingerprint density at radius 1 is 1.19 bits per heavy atom. The fourth-order valence-electron chi connectivity index (χ4n) is 2.68. The summed E-state index contributed by atoms with van der Waals surface area (Å²) in [5.41, 5.74) is 2.08. The van der Waals surface area contributed by atoms with Gasteiger partial charge >= 0.3 is 0 Å². The highest BCUT2D eigenvalue weighted by Crippen LogP contribution is 2.28. The molecule has 0 bridgehead atoms. The zero-order valence-corrected chi connectivity index (χ0v) is 16.6. The first-order valence-corrected chi connectivity index (χ1v) is 9.75. The minimum Gasteiger partial charge on any atom is -0.335 e. The number of nitrogens with one attached hydrogen (secondary N) is 1. The number of benzene rings is 2. The van der Waals surface area contributed by atoms with Crippen LogP contribution in [0.4, 0.5) is 0 Å². The number of para-hydroxylation sites is 1. The molecule has 0 fully saturated rings. The highest BCUT2D eigenvalue weighted by Gasteiger charge is 2.21. The van der Waals surface area contributed by atoms with Crippen molar-refractivity contribution in [1.29, 1.82) is 0 Å². The van der Waals surface area contributed by atoms with Crippen LogP contribution >= 0.6 is 22.9 Å². The van der Waals surface area contributed by atoms with E-state index in [1.54, 1.807) is 16.2 Å². The van der Waals surface area contributed by atoms with Crippen LogP contribution in [0.2, 0.25) is 5.02 Å². The fourth-order valence-corrected chi connectivity index (χ4v) is 3.87. The van der Waals surface area contributed by atoms with Crippen LogP contribution < -0.4 is 5.32 Å². The van der Waals surface area contributed by atoms with E-state index in [9.17, 15) is 4.79 Å². The van der Waals surface area contributed by atoms with Gasteiger partial charge in [0.1, 0.15) is 5.01 Å². The number of nitrogens with zero attached hydrogens (tertiary/aromatic N) is 2. The van der Waals surface area contributed by atoms with E-state index in [4.69, 9.17) is 11.6 Å². The van der Waals surface area contributed by atoms with Crippen LogP contribution in [0.25, 0.3) is 10.2 Å². The summed E-state index contributed by atoms with van der Waals surface area (Å²) in [4.78, 5) is 19.0. The second-order valence-electron chi connectivity index (χ2n) is 6.35. The smallest absolute Gasteiger partial charge is 0.236 e. The van der Waals surface area contributed by atoms with Gasteiger partial charge in [-0.2, -0.15) is 0 Å². The van der Waals surface area contributed by atoms with E-state index in [2.05, 4.69) is 16.4 Å². The van der Waals surface area contributed by atoms with E-state index in [0.717, 1.165) is 20.8 Å². The van der Waals surface area contributed by atoms with Crippen molar-refractivity contribution in [2.75, 3.05) is 13.6 Å². The number of likely N-dealkylation sites (N-methyl/N-ethyl adjacent to an activating group) is 1. The molecule has 0 radical (unpaired) electrons. The van der Waals surface area contributed by atoms with Crippen molar-refractivity contribution in [1.82, 2.24) is 15.2 Å². The van der Waals surface area contributed by atoms with Gasteiger partial charge in [0, 0.05) is 18.1 Å². The number of aromatic nitrogens is 1. The third-order valence-electron chi connectivity index (χ3n) is 4.57. The SMILES string of the molecule is C[C@H](NCC(=O)N(C)[C@@H](C)c1nc2ccccc2s1)c1ccc(Cl)cc1. The Bertz CT molecular complexity index is 860. The molecule has 0 aliphatic heterocycles. The van der Waals surface area contributed by atoms with Crippen molar-refractivity contribution in [3.63, 3.8) is 0 Å². The van der Waals surface area contributed by atoms with E-state index in [0.29, 0.717) is 5.02 Å². The summed E-state index contributed by atoms with van der Waals surface area (Å²) < 4.78 is 1.14. The molecule has 0 saturated heterocycles. The lowest BCUT2D eigenvalue weighted by Gasteiger charge is -2.24. The maximum atomic E-state index is 12.6. The summed E-state index contributed by atoms with van der Waals surface area (Å²) in [5, 5.41) is 4.94. The topological polar surface area (TPSA) is 45.2 Å². The van der Waals surface area contributed by atoms with Crippen molar-refractivity contribution in [2.45, 2.75) is 25.9 Å². The minimum absolute atomic E-state index is 0.0394. The molecule has 0 saturated carbocycles. The number of amides is 1. The molecular weight excluding hydrogens is 366 g/mol. The predicted molar refractivity (Wildman–Crippen MR) is 109 cm³/mol. The quantitative estimate of drug-likeness (QED) is 0.659. The molecule has 1 heterocycles. The van der Waals surface area contributed by atoms with Crippen molar-refractivity contribution < 1.29 is 4.79 Å². The average Bonchev–Trinajstić information content (AvgIpc) is 3.09. The van der Waals surface area contributed by atoms with E-state index in [1.165, 1.54) is 0 Å². The van der Waals surface area contributed by atoms with Gasteiger partial charge < -0.3 is 10.2 Å². The first-order valence-electron chi connectivity index (χ1n) is 8.55. The van der Waals surface area contributed by atoms with Gasteiger partial charge in [0.25, 0.3) is 0 Å². The molecule has 1 N–H and O–H groups in total. The number of hydrogen-bond donors (Lipinski definition) is 1. The maximum absolute atomic E-state index is 12.6. The van der Waals surface area contributed by atoms with Gasteiger partial charge in [0.15, 0.2) is 0 Å². The number of halogens is 1. The maximum Gasteiger partial charge on any atom is 0.236 e. The summed E-state index contributed by atoms with van der Waals surface area (Å²) in [6.07, 6.45) is 0. The Hall–Kier alpha value is -1.95. The number of carbonyl (C=O) groups excluding carboxylic acids is 1. The van der Waals surface area contributed by atoms with Gasteiger partial charge in [0.2, 0.25) is 5.91 Å². The molecule has 26 heavy (non-hydrogen) atoms. The normalized spacial score (nSPS) is 13.5. The van der Waals surface area contributed by atoms with Gasteiger partial charge in [0.05, 0.1) is 22.8 Å². The summed E-state index contributed by atoms with van der Waals surface area (Å²) in [5.74, 6) is 0.0394. The number of carbonyl (C=O) groups is 1. The molecule has 0 unspecified atom stereocenters. The molecule has 1 aromatic heterocycles. The number of thiazole rings is 1. The Labute approximate surface area is 162 Å². The lowest BCUT2D eigenvalue weighted by atomic mass is 10.1. The van der Waals surface area contributed by atoms with Crippen LogP contribution in [0.3, 0.4) is 0 Å². The van der Waals surface area contributed by atoms with Crippen LogP contribution in [0, 0.1) is 0 Å². The lowest BCUT2D eigenvalue weighted by Crippen LogP contribution is -2.37.